The average molecular weight is 241 g/mol. The van der Waals surface area contributed by atoms with Crippen molar-refractivity contribution in [1.82, 2.24) is 10.4 Å². The molecule has 0 bridgehead atoms. The molecule has 0 aromatic carbocycles. The van der Waals surface area contributed by atoms with E-state index in [2.05, 4.69) is 45.0 Å². The quantitative estimate of drug-likeness (QED) is 0.615. The van der Waals surface area contributed by atoms with Crippen molar-refractivity contribution < 1.29 is 0 Å². The number of nitrogens with one attached hydrogen (secondary N) is 1. The Hall–Kier alpha value is -0.450. The number of thiazole rings is 1. The summed E-state index contributed by atoms with van der Waals surface area (Å²) in [4.78, 5) is 5.87. The molecule has 4 heteroatoms. The summed E-state index contributed by atoms with van der Waals surface area (Å²) in [7, 11) is 0. The highest BCUT2D eigenvalue weighted by Crippen LogP contribution is 2.28. The number of hydrazine groups is 1. The van der Waals surface area contributed by atoms with E-state index >= 15 is 0 Å². The average Bonchev–Trinajstić information content (AvgIpc) is 2.54. The summed E-state index contributed by atoms with van der Waals surface area (Å²) >= 11 is 1.78. The zero-order chi connectivity index (χ0) is 12.3. The van der Waals surface area contributed by atoms with Crippen LogP contribution in [0.25, 0.3) is 0 Å². The molecule has 0 amide bonds. The van der Waals surface area contributed by atoms with E-state index in [0.29, 0.717) is 0 Å². The molecule has 0 spiro atoms. The second-order valence-corrected chi connectivity index (χ2v) is 6.30. The van der Waals surface area contributed by atoms with Gasteiger partial charge in [-0.25, -0.2) is 4.98 Å². The highest BCUT2D eigenvalue weighted by atomic mass is 32.1. The largest absolute Gasteiger partial charge is 0.271 e. The maximum atomic E-state index is 5.65. The summed E-state index contributed by atoms with van der Waals surface area (Å²) in [6, 6.07) is 0.280. The van der Waals surface area contributed by atoms with Gasteiger partial charge in [-0.05, 0) is 25.7 Å². The van der Waals surface area contributed by atoms with Crippen LogP contribution in [0.4, 0.5) is 0 Å². The highest BCUT2D eigenvalue weighted by Gasteiger charge is 2.27. The fraction of sp³-hybridized carbons (Fsp3) is 0.750. The van der Waals surface area contributed by atoms with Crippen LogP contribution >= 0.6 is 11.3 Å². The fourth-order valence-corrected chi connectivity index (χ4v) is 2.59. The monoisotopic (exact) mass is 241 g/mol. The first kappa shape index (κ1) is 13.6. The van der Waals surface area contributed by atoms with E-state index in [1.165, 1.54) is 9.88 Å². The summed E-state index contributed by atoms with van der Waals surface area (Å²) < 4.78 is 0. The van der Waals surface area contributed by atoms with Gasteiger partial charge in [0.15, 0.2) is 0 Å². The van der Waals surface area contributed by atoms with Crippen LogP contribution in [-0.4, -0.2) is 11.0 Å². The molecule has 0 radical (unpaired) electrons. The fourth-order valence-electron chi connectivity index (χ4n) is 1.61. The molecule has 0 aliphatic rings. The first-order valence-electron chi connectivity index (χ1n) is 5.79. The maximum absolute atomic E-state index is 5.65. The number of hydrogen-bond donors (Lipinski definition) is 2. The van der Waals surface area contributed by atoms with Gasteiger partial charge in [0, 0.05) is 17.3 Å². The third-order valence-corrected chi connectivity index (χ3v) is 4.60. The van der Waals surface area contributed by atoms with Crippen LogP contribution in [0.1, 0.15) is 42.8 Å². The first-order valence-corrected chi connectivity index (χ1v) is 6.61. The van der Waals surface area contributed by atoms with Crippen molar-refractivity contribution in [3.8, 4) is 0 Å². The molecule has 1 heterocycles. The summed E-state index contributed by atoms with van der Waals surface area (Å²) in [5, 5.41) is 1.18. The van der Waals surface area contributed by atoms with E-state index in [0.717, 1.165) is 18.5 Å². The van der Waals surface area contributed by atoms with Gasteiger partial charge in [-0.3, -0.25) is 11.3 Å². The molecule has 0 saturated heterocycles. The van der Waals surface area contributed by atoms with Crippen LogP contribution in [0.3, 0.4) is 0 Å². The Kier molecular flexibility index (Phi) is 4.47. The van der Waals surface area contributed by atoms with Gasteiger partial charge in [0.05, 0.1) is 10.7 Å². The Balaban J connectivity index is 2.78. The van der Waals surface area contributed by atoms with E-state index in [9.17, 15) is 0 Å². The van der Waals surface area contributed by atoms with Crippen molar-refractivity contribution in [2.45, 2.75) is 53.5 Å². The topological polar surface area (TPSA) is 50.9 Å². The molecule has 0 saturated carbocycles. The Labute approximate surface area is 102 Å². The highest BCUT2D eigenvalue weighted by molar-refractivity contribution is 7.11. The molecule has 16 heavy (non-hydrogen) atoms. The number of nitrogens with zero attached hydrogens (tertiary/aromatic N) is 1. The summed E-state index contributed by atoms with van der Waals surface area (Å²) in [6.07, 6.45) is 2.02. The predicted molar refractivity (Wildman–Crippen MR) is 70.5 cm³/mol. The molecule has 1 rings (SSSR count). The van der Waals surface area contributed by atoms with Crippen molar-refractivity contribution in [3.63, 3.8) is 0 Å². The Bertz CT molecular complexity index is 325. The van der Waals surface area contributed by atoms with E-state index < -0.39 is 0 Å². The lowest BCUT2D eigenvalue weighted by molar-refractivity contribution is 0.231. The molecule has 3 N–H and O–H groups in total. The first-order chi connectivity index (χ1) is 7.40. The number of nitrogens with two attached hydrogens (primary N) is 1. The SMILES string of the molecule is CCC(C)(C)C(Cc1nc(C)c(C)s1)NN. The zero-order valence-corrected chi connectivity index (χ0v) is 11.7. The van der Waals surface area contributed by atoms with Crippen molar-refractivity contribution in [1.29, 1.82) is 0 Å². The van der Waals surface area contributed by atoms with Crippen molar-refractivity contribution in [2.24, 2.45) is 11.3 Å². The molecule has 1 atom stereocenters. The minimum Gasteiger partial charge on any atom is -0.271 e. The van der Waals surface area contributed by atoms with Crippen molar-refractivity contribution in [3.05, 3.63) is 15.6 Å². The number of aryl methyl sites for hydroxylation is 2. The van der Waals surface area contributed by atoms with Crippen LogP contribution in [0.2, 0.25) is 0 Å². The zero-order valence-electron chi connectivity index (χ0n) is 10.9. The van der Waals surface area contributed by atoms with E-state index in [-0.39, 0.29) is 11.5 Å². The standard InChI is InChI=1S/C12H23N3S/c1-6-12(4,5)10(15-13)7-11-14-8(2)9(3)16-11/h10,15H,6-7,13H2,1-5H3. The molecule has 3 nitrogen and oxygen atoms in total. The Morgan fingerprint density at radius 2 is 2.06 bits per heavy atom. The number of aromatic nitrogens is 1. The Morgan fingerprint density at radius 1 is 1.44 bits per heavy atom. The molecule has 0 aliphatic carbocycles. The van der Waals surface area contributed by atoms with Gasteiger partial charge in [0.1, 0.15) is 0 Å². The lowest BCUT2D eigenvalue weighted by atomic mass is 9.81. The van der Waals surface area contributed by atoms with E-state index in [1.807, 2.05) is 0 Å². The molecule has 1 unspecified atom stereocenters. The summed E-state index contributed by atoms with van der Waals surface area (Å²) in [5.74, 6) is 5.65. The van der Waals surface area contributed by atoms with E-state index in [1.54, 1.807) is 11.3 Å². The van der Waals surface area contributed by atoms with Gasteiger partial charge < -0.3 is 0 Å². The second kappa shape index (κ2) is 5.25. The van der Waals surface area contributed by atoms with Gasteiger partial charge in [0.2, 0.25) is 0 Å². The van der Waals surface area contributed by atoms with Gasteiger partial charge in [-0.2, -0.15) is 0 Å². The second-order valence-electron chi connectivity index (χ2n) is 5.01. The lowest BCUT2D eigenvalue weighted by Gasteiger charge is -2.32. The Morgan fingerprint density at radius 3 is 2.44 bits per heavy atom. The van der Waals surface area contributed by atoms with Crippen molar-refractivity contribution >= 4 is 11.3 Å². The molecule has 0 aliphatic heterocycles. The van der Waals surface area contributed by atoms with Crippen LogP contribution < -0.4 is 11.3 Å². The van der Waals surface area contributed by atoms with Crippen LogP contribution in [0, 0.1) is 19.3 Å². The van der Waals surface area contributed by atoms with Crippen molar-refractivity contribution in [2.75, 3.05) is 0 Å². The van der Waals surface area contributed by atoms with Crippen LogP contribution in [0.15, 0.2) is 0 Å². The summed E-state index contributed by atoms with van der Waals surface area (Å²) in [6.45, 7) is 10.9. The van der Waals surface area contributed by atoms with Gasteiger partial charge >= 0.3 is 0 Å². The number of hydrogen-bond acceptors (Lipinski definition) is 4. The molecule has 92 valence electrons. The minimum atomic E-state index is 0.197. The summed E-state index contributed by atoms with van der Waals surface area (Å²) in [5.41, 5.74) is 4.28. The van der Waals surface area contributed by atoms with Crippen LogP contribution in [0.5, 0.6) is 0 Å². The van der Waals surface area contributed by atoms with Gasteiger partial charge in [0.25, 0.3) is 0 Å². The minimum absolute atomic E-state index is 0.197. The molecule has 1 aromatic heterocycles. The van der Waals surface area contributed by atoms with Gasteiger partial charge in [-0.15, -0.1) is 11.3 Å². The molecular formula is C12H23N3S. The lowest BCUT2D eigenvalue weighted by Crippen LogP contribution is -2.46. The molecular weight excluding hydrogens is 218 g/mol. The number of rotatable bonds is 5. The molecule has 1 aromatic rings. The molecule has 0 fully saturated rings. The maximum Gasteiger partial charge on any atom is 0.0947 e. The predicted octanol–water partition coefficient (Wildman–Crippen LogP) is 2.57. The third-order valence-electron chi connectivity index (χ3n) is 3.51. The van der Waals surface area contributed by atoms with Crippen LogP contribution in [-0.2, 0) is 6.42 Å². The normalized spacial score (nSPS) is 14.1. The van der Waals surface area contributed by atoms with Gasteiger partial charge in [-0.1, -0.05) is 20.8 Å². The van der Waals surface area contributed by atoms with E-state index in [4.69, 9.17) is 5.84 Å². The third kappa shape index (κ3) is 3.03. The smallest absolute Gasteiger partial charge is 0.0947 e.